The smallest absolute Gasteiger partial charge is 0.269 e. The number of carbonyl (C=O) groups excluding carboxylic acids is 1. The minimum atomic E-state index is -0.537. The highest BCUT2D eigenvalue weighted by Gasteiger charge is 2.15. The zero-order chi connectivity index (χ0) is 24.7. The highest BCUT2D eigenvalue weighted by Crippen LogP contribution is 2.35. The fourth-order valence-corrected chi connectivity index (χ4v) is 3.52. The second-order valence-electron chi connectivity index (χ2n) is 7.23. The molecule has 0 radical (unpaired) electrons. The number of nitro groups is 1. The standard InChI is InChI=1S/C25H20BrN3O5/c1-16-5-3-7-20(9-16)28-25(30)19(14-27)11-18-12-23(33-2)24(13-22(18)26)34-15-17-6-4-8-21(10-17)29(31)32/h3-13H,15H2,1-2H3,(H,28,30)/b19-11-. The van der Waals surface area contributed by atoms with Crippen molar-refractivity contribution in [3.05, 3.63) is 97.5 Å². The van der Waals surface area contributed by atoms with E-state index in [9.17, 15) is 20.2 Å². The molecule has 0 unspecified atom stereocenters. The Balaban J connectivity index is 1.82. The number of amides is 1. The van der Waals surface area contributed by atoms with Gasteiger partial charge in [0.05, 0.1) is 12.0 Å². The van der Waals surface area contributed by atoms with Gasteiger partial charge in [-0.2, -0.15) is 5.26 Å². The lowest BCUT2D eigenvalue weighted by Crippen LogP contribution is -2.13. The molecule has 3 aromatic rings. The Morgan fingerprint density at radius 3 is 2.62 bits per heavy atom. The van der Waals surface area contributed by atoms with Crippen LogP contribution in [0.5, 0.6) is 11.5 Å². The summed E-state index contributed by atoms with van der Waals surface area (Å²) in [7, 11) is 1.46. The average molecular weight is 522 g/mol. The van der Waals surface area contributed by atoms with Crippen LogP contribution in [0.25, 0.3) is 6.08 Å². The lowest BCUT2D eigenvalue weighted by atomic mass is 10.1. The molecule has 0 saturated heterocycles. The van der Waals surface area contributed by atoms with Crippen LogP contribution in [0.3, 0.4) is 0 Å². The van der Waals surface area contributed by atoms with Gasteiger partial charge in [0, 0.05) is 22.3 Å². The van der Waals surface area contributed by atoms with Gasteiger partial charge in [0.25, 0.3) is 11.6 Å². The van der Waals surface area contributed by atoms with E-state index in [1.54, 1.807) is 36.4 Å². The number of methoxy groups -OCH3 is 1. The van der Waals surface area contributed by atoms with E-state index in [2.05, 4.69) is 21.2 Å². The number of nitrogens with one attached hydrogen (secondary N) is 1. The number of hydrogen-bond donors (Lipinski definition) is 1. The van der Waals surface area contributed by atoms with Crippen molar-refractivity contribution in [2.24, 2.45) is 0 Å². The molecule has 172 valence electrons. The van der Waals surface area contributed by atoms with E-state index in [0.717, 1.165) is 5.56 Å². The highest BCUT2D eigenvalue weighted by atomic mass is 79.9. The van der Waals surface area contributed by atoms with Crippen LogP contribution >= 0.6 is 15.9 Å². The van der Waals surface area contributed by atoms with Crippen LogP contribution in [0.2, 0.25) is 0 Å². The molecule has 9 heteroatoms. The Morgan fingerprint density at radius 2 is 1.94 bits per heavy atom. The molecular weight excluding hydrogens is 502 g/mol. The zero-order valence-electron chi connectivity index (χ0n) is 18.4. The number of nitrogens with zero attached hydrogens (tertiary/aromatic N) is 2. The Morgan fingerprint density at radius 1 is 1.18 bits per heavy atom. The largest absolute Gasteiger partial charge is 0.493 e. The van der Waals surface area contributed by atoms with Gasteiger partial charge in [-0.1, -0.05) is 40.2 Å². The SMILES string of the molecule is COc1cc(/C=C(/C#N)C(=O)Nc2cccc(C)c2)c(Br)cc1OCc1cccc([N+](=O)[O-])c1. The fraction of sp³-hybridized carbons (Fsp3) is 0.120. The molecule has 0 heterocycles. The quantitative estimate of drug-likeness (QED) is 0.173. The van der Waals surface area contributed by atoms with Gasteiger partial charge >= 0.3 is 0 Å². The van der Waals surface area contributed by atoms with Crippen molar-refractivity contribution in [3.63, 3.8) is 0 Å². The maximum absolute atomic E-state index is 12.6. The summed E-state index contributed by atoms with van der Waals surface area (Å²) in [6.45, 7) is 1.99. The van der Waals surface area contributed by atoms with Gasteiger partial charge in [0.1, 0.15) is 18.2 Å². The van der Waals surface area contributed by atoms with E-state index >= 15 is 0 Å². The summed E-state index contributed by atoms with van der Waals surface area (Å²) < 4.78 is 11.8. The second kappa shape index (κ2) is 11.1. The first-order chi connectivity index (χ1) is 16.3. The number of nitro benzene ring substituents is 1. The number of nitriles is 1. The van der Waals surface area contributed by atoms with Crippen molar-refractivity contribution in [1.82, 2.24) is 0 Å². The Kier molecular flexibility index (Phi) is 8.01. The van der Waals surface area contributed by atoms with Crippen molar-refractivity contribution in [1.29, 1.82) is 5.26 Å². The molecule has 3 rings (SSSR count). The molecule has 0 aliphatic heterocycles. The van der Waals surface area contributed by atoms with E-state index < -0.39 is 10.8 Å². The lowest BCUT2D eigenvalue weighted by molar-refractivity contribution is -0.384. The average Bonchev–Trinajstić information content (AvgIpc) is 2.82. The van der Waals surface area contributed by atoms with Gasteiger partial charge in [-0.15, -0.1) is 0 Å². The second-order valence-corrected chi connectivity index (χ2v) is 8.09. The maximum Gasteiger partial charge on any atom is 0.269 e. The number of aryl methyl sites for hydroxylation is 1. The van der Waals surface area contributed by atoms with Gasteiger partial charge in [-0.05, 0) is 54.0 Å². The van der Waals surface area contributed by atoms with Gasteiger partial charge in [0.15, 0.2) is 11.5 Å². The molecule has 0 saturated carbocycles. The van der Waals surface area contributed by atoms with E-state index in [4.69, 9.17) is 9.47 Å². The number of anilines is 1. The van der Waals surface area contributed by atoms with Crippen molar-refractivity contribution >= 4 is 39.3 Å². The first kappa shape index (κ1) is 24.5. The molecule has 3 aromatic carbocycles. The molecule has 1 N–H and O–H groups in total. The molecule has 0 aliphatic rings. The van der Waals surface area contributed by atoms with Crippen LogP contribution in [-0.4, -0.2) is 17.9 Å². The van der Waals surface area contributed by atoms with Crippen LogP contribution in [0.4, 0.5) is 11.4 Å². The zero-order valence-corrected chi connectivity index (χ0v) is 20.0. The molecule has 1 amide bonds. The van der Waals surface area contributed by atoms with Crippen molar-refractivity contribution in [2.75, 3.05) is 12.4 Å². The normalized spacial score (nSPS) is 10.8. The van der Waals surface area contributed by atoms with E-state index in [0.29, 0.717) is 32.8 Å². The summed E-state index contributed by atoms with van der Waals surface area (Å²) in [5, 5.41) is 23.2. The monoisotopic (exact) mass is 521 g/mol. The minimum absolute atomic E-state index is 0.0253. The van der Waals surface area contributed by atoms with E-state index in [1.165, 1.54) is 25.3 Å². The van der Waals surface area contributed by atoms with Gasteiger partial charge in [-0.3, -0.25) is 14.9 Å². The summed E-state index contributed by atoms with van der Waals surface area (Å²) in [4.78, 5) is 23.1. The number of non-ortho nitro benzene ring substituents is 1. The number of halogens is 1. The lowest BCUT2D eigenvalue weighted by Gasteiger charge is -2.13. The molecular formula is C25H20BrN3O5. The number of carbonyl (C=O) groups is 1. The molecule has 0 aromatic heterocycles. The van der Waals surface area contributed by atoms with Crippen molar-refractivity contribution in [3.8, 4) is 17.6 Å². The van der Waals surface area contributed by atoms with E-state index in [1.807, 2.05) is 25.1 Å². The third-order valence-corrected chi connectivity index (χ3v) is 5.43. The maximum atomic E-state index is 12.6. The molecule has 34 heavy (non-hydrogen) atoms. The Labute approximate surface area is 204 Å². The molecule has 0 bridgehead atoms. The fourth-order valence-electron chi connectivity index (χ4n) is 3.08. The van der Waals surface area contributed by atoms with Gasteiger partial charge in [-0.25, -0.2) is 0 Å². The predicted octanol–water partition coefficient (Wildman–Crippen LogP) is 5.80. The molecule has 0 atom stereocenters. The molecule has 0 spiro atoms. The van der Waals surface area contributed by atoms with Crippen LogP contribution in [0, 0.1) is 28.4 Å². The van der Waals surface area contributed by atoms with Crippen molar-refractivity contribution < 1.29 is 19.2 Å². The topological polar surface area (TPSA) is 114 Å². The summed E-state index contributed by atoms with van der Waals surface area (Å²) in [5.41, 5.74) is 2.62. The highest BCUT2D eigenvalue weighted by molar-refractivity contribution is 9.10. The van der Waals surface area contributed by atoms with Crippen molar-refractivity contribution in [2.45, 2.75) is 13.5 Å². The summed E-state index contributed by atoms with van der Waals surface area (Å²) in [6.07, 6.45) is 1.45. The Bertz CT molecular complexity index is 1310. The third-order valence-electron chi connectivity index (χ3n) is 4.74. The Hall–Kier alpha value is -4.16. The summed E-state index contributed by atoms with van der Waals surface area (Å²) in [5.74, 6) is 0.224. The van der Waals surface area contributed by atoms with Gasteiger partial charge < -0.3 is 14.8 Å². The first-order valence-electron chi connectivity index (χ1n) is 10.0. The number of hydrogen-bond acceptors (Lipinski definition) is 6. The van der Waals surface area contributed by atoms with Crippen LogP contribution in [-0.2, 0) is 11.4 Å². The summed E-state index contributed by atoms with van der Waals surface area (Å²) in [6, 6.07) is 18.6. The number of rotatable bonds is 8. The summed E-state index contributed by atoms with van der Waals surface area (Å²) >= 11 is 3.44. The molecule has 0 fully saturated rings. The van der Waals surface area contributed by atoms with Crippen LogP contribution in [0.1, 0.15) is 16.7 Å². The third kappa shape index (κ3) is 6.21. The predicted molar refractivity (Wildman–Crippen MR) is 132 cm³/mol. The first-order valence-corrected chi connectivity index (χ1v) is 10.8. The van der Waals surface area contributed by atoms with Crippen LogP contribution in [0.15, 0.2) is 70.7 Å². The number of ether oxygens (including phenoxy) is 2. The molecule has 8 nitrogen and oxygen atoms in total. The number of benzene rings is 3. The van der Waals surface area contributed by atoms with Gasteiger partial charge in [0.2, 0.25) is 0 Å². The minimum Gasteiger partial charge on any atom is -0.493 e. The van der Waals surface area contributed by atoms with E-state index in [-0.39, 0.29) is 17.9 Å². The molecule has 0 aliphatic carbocycles. The van der Waals surface area contributed by atoms with Crippen LogP contribution < -0.4 is 14.8 Å².